The van der Waals surface area contributed by atoms with E-state index in [1.807, 2.05) is 0 Å². The van der Waals surface area contributed by atoms with Crippen LogP contribution in [0.15, 0.2) is 0 Å². The van der Waals surface area contributed by atoms with Gasteiger partial charge in [-0.25, -0.2) is 0 Å². The Morgan fingerprint density at radius 1 is 1.33 bits per heavy atom. The summed E-state index contributed by atoms with van der Waals surface area (Å²) in [5.74, 6) is 0. The molecule has 0 aromatic carbocycles. The lowest BCUT2D eigenvalue weighted by atomic mass is 9.87. The Labute approximate surface area is 113 Å². The number of hydrogen-bond donors (Lipinski definition) is 2. The summed E-state index contributed by atoms with van der Waals surface area (Å²) in [6.45, 7) is 10.2. The Kier molecular flexibility index (Phi) is 7.20. The lowest BCUT2D eigenvalue weighted by molar-refractivity contribution is 0.117. The average molecular weight is 256 g/mol. The van der Waals surface area contributed by atoms with E-state index in [4.69, 9.17) is 4.74 Å². The number of hydrogen-bond acceptors (Lipinski definition) is 3. The minimum atomic E-state index is 0.411. The molecule has 3 nitrogen and oxygen atoms in total. The molecular formula is C15H32N2O. The van der Waals surface area contributed by atoms with Gasteiger partial charge >= 0.3 is 0 Å². The quantitative estimate of drug-likeness (QED) is 0.622. The summed E-state index contributed by atoms with van der Waals surface area (Å²) in [5, 5.41) is 7.13. The molecule has 0 bridgehead atoms. The summed E-state index contributed by atoms with van der Waals surface area (Å²) in [5.41, 5.74) is 0.425. The van der Waals surface area contributed by atoms with Crippen LogP contribution >= 0.6 is 0 Å². The zero-order chi connectivity index (χ0) is 13.4. The molecule has 0 saturated carbocycles. The minimum Gasteiger partial charge on any atom is -0.380 e. The molecule has 0 radical (unpaired) electrons. The van der Waals surface area contributed by atoms with Gasteiger partial charge in [0, 0.05) is 32.8 Å². The first kappa shape index (κ1) is 15.9. The first-order valence-electron chi connectivity index (χ1n) is 7.54. The molecule has 0 aromatic heterocycles. The van der Waals surface area contributed by atoms with Crippen molar-refractivity contribution in [2.45, 2.75) is 65.0 Å². The molecule has 1 heterocycles. The van der Waals surface area contributed by atoms with E-state index in [0.717, 1.165) is 26.1 Å². The van der Waals surface area contributed by atoms with E-state index in [1.165, 1.54) is 25.7 Å². The zero-order valence-electron chi connectivity index (χ0n) is 12.7. The Morgan fingerprint density at radius 2 is 2.11 bits per heavy atom. The van der Waals surface area contributed by atoms with Crippen molar-refractivity contribution >= 4 is 0 Å². The normalized spacial score (nSPS) is 24.7. The molecule has 1 fully saturated rings. The van der Waals surface area contributed by atoms with Crippen LogP contribution in [0.3, 0.4) is 0 Å². The topological polar surface area (TPSA) is 33.3 Å². The maximum Gasteiger partial charge on any atom is 0.0711 e. The molecule has 0 spiro atoms. The van der Waals surface area contributed by atoms with Gasteiger partial charge in [-0.3, -0.25) is 0 Å². The maximum atomic E-state index is 5.36. The van der Waals surface area contributed by atoms with Crippen LogP contribution in [0.25, 0.3) is 0 Å². The number of rotatable bonds is 9. The van der Waals surface area contributed by atoms with E-state index in [9.17, 15) is 0 Å². The van der Waals surface area contributed by atoms with Gasteiger partial charge in [-0.2, -0.15) is 0 Å². The molecule has 1 saturated heterocycles. The van der Waals surface area contributed by atoms with Crippen LogP contribution in [0.4, 0.5) is 0 Å². The molecule has 108 valence electrons. The molecule has 3 heteroatoms. The van der Waals surface area contributed by atoms with Crippen LogP contribution in [0.2, 0.25) is 0 Å². The first-order valence-corrected chi connectivity index (χ1v) is 7.54. The fraction of sp³-hybridized carbons (Fsp3) is 1.00. The third-order valence-electron chi connectivity index (χ3n) is 3.97. The van der Waals surface area contributed by atoms with Gasteiger partial charge in [0.25, 0.3) is 0 Å². The first-order chi connectivity index (χ1) is 8.57. The highest BCUT2D eigenvalue weighted by Crippen LogP contribution is 2.22. The second-order valence-electron chi connectivity index (χ2n) is 6.45. The van der Waals surface area contributed by atoms with Crippen LogP contribution in [-0.4, -0.2) is 38.9 Å². The standard InChI is InChI=1S/C15H32N2O/c1-5-6-7-8-15(2,3)12-16-10-13-9-14(18-4)11-17-13/h13-14,16-17H,5-12H2,1-4H3. The monoisotopic (exact) mass is 256 g/mol. The Hall–Kier alpha value is -0.120. The molecule has 18 heavy (non-hydrogen) atoms. The van der Waals surface area contributed by atoms with Gasteiger partial charge < -0.3 is 15.4 Å². The highest BCUT2D eigenvalue weighted by Gasteiger charge is 2.24. The molecule has 2 unspecified atom stereocenters. The number of nitrogens with one attached hydrogen (secondary N) is 2. The summed E-state index contributed by atoms with van der Waals surface area (Å²) in [4.78, 5) is 0. The van der Waals surface area contributed by atoms with Crippen molar-refractivity contribution in [3.8, 4) is 0 Å². The van der Waals surface area contributed by atoms with Gasteiger partial charge in [0.05, 0.1) is 6.10 Å². The van der Waals surface area contributed by atoms with Gasteiger partial charge in [-0.05, 0) is 18.3 Å². The second kappa shape index (κ2) is 8.13. The van der Waals surface area contributed by atoms with Crippen molar-refractivity contribution < 1.29 is 4.74 Å². The molecule has 0 amide bonds. The third-order valence-corrected chi connectivity index (χ3v) is 3.97. The molecule has 1 rings (SSSR count). The Bertz CT molecular complexity index is 219. The summed E-state index contributed by atoms with van der Waals surface area (Å²) in [7, 11) is 1.80. The highest BCUT2D eigenvalue weighted by atomic mass is 16.5. The van der Waals surface area contributed by atoms with Gasteiger partial charge in [0.1, 0.15) is 0 Å². The van der Waals surface area contributed by atoms with Gasteiger partial charge in [0.2, 0.25) is 0 Å². The highest BCUT2D eigenvalue weighted by molar-refractivity contribution is 4.84. The molecule has 0 aliphatic carbocycles. The average Bonchev–Trinajstić information content (AvgIpc) is 2.77. The number of ether oxygens (including phenoxy) is 1. The van der Waals surface area contributed by atoms with E-state index >= 15 is 0 Å². The maximum absolute atomic E-state index is 5.36. The summed E-state index contributed by atoms with van der Waals surface area (Å²) in [6, 6.07) is 0.585. The lowest BCUT2D eigenvalue weighted by Gasteiger charge is -2.26. The van der Waals surface area contributed by atoms with Crippen LogP contribution in [0.1, 0.15) is 52.9 Å². The predicted octanol–water partition coefficient (Wildman–Crippen LogP) is 2.56. The van der Waals surface area contributed by atoms with E-state index in [2.05, 4.69) is 31.4 Å². The van der Waals surface area contributed by atoms with Crippen LogP contribution in [-0.2, 0) is 4.74 Å². The molecule has 2 atom stereocenters. The fourth-order valence-corrected chi connectivity index (χ4v) is 2.64. The summed E-state index contributed by atoms with van der Waals surface area (Å²) >= 11 is 0. The molecule has 1 aliphatic heterocycles. The fourth-order valence-electron chi connectivity index (χ4n) is 2.64. The van der Waals surface area contributed by atoms with Crippen LogP contribution in [0.5, 0.6) is 0 Å². The number of unbranched alkanes of at least 4 members (excludes halogenated alkanes) is 2. The smallest absolute Gasteiger partial charge is 0.0711 e. The van der Waals surface area contributed by atoms with Crippen LogP contribution < -0.4 is 10.6 Å². The van der Waals surface area contributed by atoms with Crippen molar-refractivity contribution in [2.75, 3.05) is 26.7 Å². The van der Waals surface area contributed by atoms with Crippen molar-refractivity contribution in [1.82, 2.24) is 10.6 Å². The van der Waals surface area contributed by atoms with Crippen molar-refractivity contribution in [3.63, 3.8) is 0 Å². The largest absolute Gasteiger partial charge is 0.380 e. The van der Waals surface area contributed by atoms with E-state index in [1.54, 1.807) is 7.11 Å². The van der Waals surface area contributed by atoms with E-state index in [0.29, 0.717) is 17.6 Å². The predicted molar refractivity (Wildman–Crippen MR) is 78.0 cm³/mol. The molecule has 0 aromatic rings. The molecular weight excluding hydrogens is 224 g/mol. The lowest BCUT2D eigenvalue weighted by Crippen LogP contribution is -2.38. The minimum absolute atomic E-state index is 0.411. The Balaban J connectivity index is 2.09. The molecule has 1 aliphatic rings. The zero-order valence-corrected chi connectivity index (χ0v) is 12.7. The van der Waals surface area contributed by atoms with Gasteiger partial charge in [-0.15, -0.1) is 0 Å². The van der Waals surface area contributed by atoms with Gasteiger partial charge in [0.15, 0.2) is 0 Å². The van der Waals surface area contributed by atoms with Crippen molar-refractivity contribution in [1.29, 1.82) is 0 Å². The van der Waals surface area contributed by atoms with Gasteiger partial charge in [-0.1, -0.05) is 40.0 Å². The Morgan fingerprint density at radius 3 is 2.72 bits per heavy atom. The summed E-state index contributed by atoms with van der Waals surface area (Å²) < 4.78 is 5.36. The van der Waals surface area contributed by atoms with Crippen molar-refractivity contribution in [2.24, 2.45) is 5.41 Å². The van der Waals surface area contributed by atoms with Crippen LogP contribution in [0, 0.1) is 5.41 Å². The number of methoxy groups -OCH3 is 1. The van der Waals surface area contributed by atoms with E-state index < -0.39 is 0 Å². The summed E-state index contributed by atoms with van der Waals surface area (Å²) in [6.07, 6.45) is 6.91. The molecule has 2 N–H and O–H groups in total. The van der Waals surface area contributed by atoms with E-state index in [-0.39, 0.29) is 0 Å². The third kappa shape index (κ3) is 6.17. The SMILES string of the molecule is CCCCCC(C)(C)CNCC1CC(OC)CN1. The van der Waals surface area contributed by atoms with Crippen molar-refractivity contribution in [3.05, 3.63) is 0 Å². The second-order valence-corrected chi connectivity index (χ2v) is 6.45.